The van der Waals surface area contributed by atoms with Crippen molar-refractivity contribution in [3.63, 3.8) is 0 Å². The number of thiazole rings is 1. The van der Waals surface area contributed by atoms with Gasteiger partial charge in [-0.15, -0.1) is 17.9 Å². The second kappa shape index (κ2) is 11.3. The summed E-state index contributed by atoms with van der Waals surface area (Å²) in [5.74, 6) is 0.736. The predicted molar refractivity (Wildman–Crippen MR) is 115 cm³/mol. The van der Waals surface area contributed by atoms with Gasteiger partial charge in [0, 0.05) is 10.8 Å². The molecule has 0 aromatic carbocycles. The Balaban J connectivity index is 2.28. The Bertz CT molecular complexity index is 596. The first-order valence-corrected chi connectivity index (χ1v) is 10.3. The van der Waals surface area contributed by atoms with Crippen LogP contribution in [-0.2, 0) is 5.41 Å². The molecule has 1 heterocycles. The van der Waals surface area contributed by atoms with Crippen LogP contribution in [0.1, 0.15) is 77.4 Å². The Labute approximate surface area is 159 Å². The monoisotopic (exact) mass is 357 g/mol. The van der Waals surface area contributed by atoms with E-state index in [0.29, 0.717) is 0 Å². The molecule has 0 aliphatic rings. The minimum Gasteiger partial charge on any atom is -0.241 e. The van der Waals surface area contributed by atoms with E-state index in [9.17, 15) is 0 Å². The standard InChI is InChI=1S/C23H35NS/c1-7-13-19(2)16-17-20(3)14-11-9-8-10-12-15-21-18-25-22(24-21)23(4,5)6/h7,9,11-12,14-15,18-19H,1,8,10,13,16-17H2,2-6H3/b11-9+,15-12-,20-14+. The molecule has 1 rings (SSSR count). The Morgan fingerprint density at radius 1 is 1.28 bits per heavy atom. The van der Waals surface area contributed by atoms with Crippen molar-refractivity contribution in [3.05, 3.63) is 58.6 Å². The van der Waals surface area contributed by atoms with Crippen LogP contribution in [-0.4, -0.2) is 4.98 Å². The molecule has 0 saturated heterocycles. The van der Waals surface area contributed by atoms with Crippen LogP contribution in [0.15, 0.2) is 47.9 Å². The summed E-state index contributed by atoms with van der Waals surface area (Å²) in [6, 6.07) is 0. The second-order valence-corrected chi connectivity index (χ2v) is 8.77. The largest absolute Gasteiger partial charge is 0.241 e. The molecule has 0 bridgehead atoms. The van der Waals surface area contributed by atoms with E-state index in [1.807, 2.05) is 6.08 Å². The molecule has 0 aliphatic heterocycles. The van der Waals surface area contributed by atoms with Crippen molar-refractivity contribution in [1.82, 2.24) is 4.98 Å². The topological polar surface area (TPSA) is 12.9 Å². The van der Waals surface area contributed by atoms with Crippen LogP contribution in [0, 0.1) is 5.92 Å². The van der Waals surface area contributed by atoms with Crippen LogP contribution < -0.4 is 0 Å². The molecular weight excluding hydrogens is 322 g/mol. The molecular formula is C23H35NS. The second-order valence-electron chi connectivity index (χ2n) is 7.92. The molecule has 0 amide bonds. The quantitative estimate of drug-likeness (QED) is 0.237. The summed E-state index contributed by atoms with van der Waals surface area (Å²) in [5.41, 5.74) is 2.69. The van der Waals surface area contributed by atoms with Crippen LogP contribution in [0.2, 0.25) is 0 Å². The molecule has 0 fully saturated rings. The summed E-state index contributed by atoms with van der Waals surface area (Å²) in [6.45, 7) is 15.0. The molecule has 0 N–H and O–H groups in total. The summed E-state index contributed by atoms with van der Waals surface area (Å²) >= 11 is 1.75. The van der Waals surface area contributed by atoms with Crippen molar-refractivity contribution in [2.45, 2.75) is 72.1 Å². The molecule has 1 atom stereocenters. The molecule has 0 saturated carbocycles. The van der Waals surface area contributed by atoms with Crippen molar-refractivity contribution in [3.8, 4) is 0 Å². The molecule has 0 radical (unpaired) electrons. The number of nitrogens with zero attached hydrogens (tertiary/aromatic N) is 1. The fourth-order valence-electron chi connectivity index (χ4n) is 2.39. The molecule has 25 heavy (non-hydrogen) atoms. The van der Waals surface area contributed by atoms with E-state index in [-0.39, 0.29) is 5.41 Å². The minimum atomic E-state index is 0.146. The number of hydrogen-bond acceptors (Lipinski definition) is 2. The highest BCUT2D eigenvalue weighted by Crippen LogP contribution is 2.26. The lowest BCUT2D eigenvalue weighted by Gasteiger charge is -2.13. The van der Waals surface area contributed by atoms with Gasteiger partial charge < -0.3 is 0 Å². The van der Waals surface area contributed by atoms with Crippen LogP contribution in [0.3, 0.4) is 0 Å². The highest BCUT2D eigenvalue weighted by Gasteiger charge is 2.17. The Morgan fingerprint density at radius 3 is 2.64 bits per heavy atom. The number of hydrogen-bond donors (Lipinski definition) is 0. The number of rotatable bonds is 10. The number of aromatic nitrogens is 1. The molecule has 2 heteroatoms. The molecule has 1 unspecified atom stereocenters. The number of allylic oxidation sites excluding steroid dienone is 6. The fourth-order valence-corrected chi connectivity index (χ4v) is 3.27. The molecule has 1 aromatic rings. The number of unbranched alkanes of at least 4 members (excludes halogenated alkanes) is 1. The zero-order valence-corrected chi connectivity index (χ0v) is 17.5. The van der Waals surface area contributed by atoms with E-state index in [1.165, 1.54) is 23.4 Å². The van der Waals surface area contributed by atoms with E-state index in [1.54, 1.807) is 11.3 Å². The van der Waals surface area contributed by atoms with Gasteiger partial charge in [0.05, 0.1) is 10.7 Å². The predicted octanol–water partition coefficient (Wildman–Crippen LogP) is 7.73. The maximum Gasteiger partial charge on any atom is 0.0985 e. The summed E-state index contributed by atoms with van der Waals surface area (Å²) in [4.78, 5) is 4.68. The first-order chi connectivity index (χ1) is 11.8. The average Bonchev–Trinajstić information content (AvgIpc) is 3.01. The lowest BCUT2D eigenvalue weighted by Crippen LogP contribution is -2.10. The van der Waals surface area contributed by atoms with Gasteiger partial charge in [0.15, 0.2) is 0 Å². The van der Waals surface area contributed by atoms with Crippen molar-refractivity contribution < 1.29 is 0 Å². The summed E-state index contributed by atoms with van der Waals surface area (Å²) in [7, 11) is 0. The van der Waals surface area contributed by atoms with Crippen LogP contribution >= 0.6 is 11.3 Å². The van der Waals surface area contributed by atoms with E-state index < -0.39 is 0 Å². The first kappa shape index (κ1) is 21.6. The van der Waals surface area contributed by atoms with E-state index in [0.717, 1.165) is 30.9 Å². The van der Waals surface area contributed by atoms with Gasteiger partial charge in [-0.05, 0) is 51.0 Å². The molecule has 0 spiro atoms. The minimum absolute atomic E-state index is 0.146. The van der Waals surface area contributed by atoms with E-state index in [2.05, 4.69) is 81.9 Å². The van der Waals surface area contributed by atoms with Crippen molar-refractivity contribution >= 4 is 17.4 Å². The van der Waals surface area contributed by atoms with Gasteiger partial charge in [-0.2, -0.15) is 0 Å². The van der Waals surface area contributed by atoms with Crippen LogP contribution in [0.25, 0.3) is 6.08 Å². The SMILES string of the molecule is C=CCC(C)CC/C(C)=C/C=C/CC/C=C\c1csc(C(C)(C)C)n1. The maximum absolute atomic E-state index is 4.68. The van der Waals surface area contributed by atoms with Gasteiger partial charge in [0.2, 0.25) is 0 Å². The van der Waals surface area contributed by atoms with Gasteiger partial charge in [0.25, 0.3) is 0 Å². The molecule has 138 valence electrons. The third kappa shape index (κ3) is 9.60. The summed E-state index contributed by atoms with van der Waals surface area (Å²) in [5, 5.41) is 3.35. The smallest absolute Gasteiger partial charge is 0.0985 e. The maximum atomic E-state index is 4.68. The highest BCUT2D eigenvalue weighted by molar-refractivity contribution is 7.09. The van der Waals surface area contributed by atoms with Crippen molar-refractivity contribution in [1.29, 1.82) is 0 Å². The molecule has 0 aliphatic carbocycles. The lowest BCUT2D eigenvalue weighted by atomic mass is 9.98. The first-order valence-electron chi connectivity index (χ1n) is 9.38. The van der Waals surface area contributed by atoms with Crippen molar-refractivity contribution in [2.24, 2.45) is 5.92 Å². The highest BCUT2D eigenvalue weighted by atomic mass is 32.1. The lowest BCUT2D eigenvalue weighted by molar-refractivity contribution is 0.539. The Kier molecular flexibility index (Phi) is 9.74. The van der Waals surface area contributed by atoms with E-state index >= 15 is 0 Å². The van der Waals surface area contributed by atoms with Gasteiger partial charge in [0.1, 0.15) is 0 Å². The third-order valence-electron chi connectivity index (χ3n) is 4.07. The van der Waals surface area contributed by atoms with E-state index in [4.69, 9.17) is 0 Å². The van der Waals surface area contributed by atoms with Gasteiger partial charge in [-0.3, -0.25) is 0 Å². The summed E-state index contributed by atoms with van der Waals surface area (Å²) in [6.07, 6.45) is 18.8. The molecule has 1 aromatic heterocycles. The Hall–Kier alpha value is -1.41. The zero-order chi connectivity index (χ0) is 18.7. The van der Waals surface area contributed by atoms with Crippen LogP contribution in [0.5, 0.6) is 0 Å². The zero-order valence-electron chi connectivity index (χ0n) is 16.7. The molecule has 1 nitrogen and oxygen atoms in total. The van der Waals surface area contributed by atoms with Crippen molar-refractivity contribution in [2.75, 3.05) is 0 Å². The summed E-state index contributed by atoms with van der Waals surface area (Å²) < 4.78 is 0. The van der Waals surface area contributed by atoms with Gasteiger partial charge in [-0.25, -0.2) is 4.98 Å². The van der Waals surface area contributed by atoms with Gasteiger partial charge in [-0.1, -0.05) is 63.6 Å². The average molecular weight is 358 g/mol. The third-order valence-corrected chi connectivity index (χ3v) is 5.36. The van der Waals surface area contributed by atoms with Gasteiger partial charge >= 0.3 is 0 Å². The Morgan fingerprint density at radius 2 is 2.00 bits per heavy atom. The van der Waals surface area contributed by atoms with Crippen LogP contribution in [0.4, 0.5) is 0 Å². The fraction of sp³-hybridized carbons (Fsp3) is 0.522. The normalized spacial score (nSPS) is 14.5.